The molecule has 2 aromatic heterocycles. The molecule has 3 atom stereocenters. The van der Waals surface area contributed by atoms with Gasteiger partial charge in [-0.3, -0.25) is 14.7 Å². The molecule has 2 bridgehead atoms. The van der Waals surface area contributed by atoms with Crippen molar-refractivity contribution in [3.05, 3.63) is 83.2 Å². The third-order valence-electron chi connectivity index (χ3n) is 8.73. The molecule has 1 aromatic carbocycles. The highest BCUT2D eigenvalue weighted by Crippen LogP contribution is 2.47. The van der Waals surface area contributed by atoms with Crippen LogP contribution in [0.3, 0.4) is 0 Å². The number of rotatable bonds is 1. The maximum Gasteiger partial charge on any atom is 0.246 e. The first-order valence-electron chi connectivity index (χ1n) is 14.5. The van der Waals surface area contributed by atoms with Gasteiger partial charge >= 0.3 is 0 Å². The molecule has 1 saturated heterocycles. The van der Waals surface area contributed by atoms with Crippen molar-refractivity contribution < 1.29 is 18.3 Å². The predicted molar refractivity (Wildman–Crippen MR) is 155 cm³/mol. The molecule has 2 unspecified atom stereocenters. The van der Waals surface area contributed by atoms with Crippen LogP contribution in [0, 0.1) is 11.6 Å². The SMILES string of the molecule is C=CC(=O)N1CCN(C2=NC3OC(C)c4nccc5c4N3c3nc(c(F)cc32)-c2c(F)cccc2CCCC5)[C@@H](C)C1. The lowest BCUT2D eigenvalue weighted by molar-refractivity contribution is -0.128. The number of amidine groups is 1. The second-order valence-electron chi connectivity index (χ2n) is 11.3. The fourth-order valence-corrected chi connectivity index (χ4v) is 6.69. The fourth-order valence-electron chi connectivity index (χ4n) is 6.69. The topological polar surface area (TPSA) is 74.2 Å². The number of pyridine rings is 2. The molecule has 1 amide bonds. The summed E-state index contributed by atoms with van der Waals surface area (Å²) >= 11 is 0. The summed E-state index contributed by atoms with van der Waals surface area (Å²) in [4.78, 5) is 32.7. The molecule has 216 valence electrons. The number of anilines is 2. The van der Waals surface area contributed by atoms with Gasteiger partial charge in [0, 0.05) is 37.4 Å². The van der Waals surface area contributed by atoms with E-state index in [9.17, 15) is 4.79 Å². The number of fused-ring (bicyclic) bond motifs is 3. The number of piperazine rings is 1. The molecule has 4 aliphatic heterocycles. The van der Waals surface area contributed by atoms with Crippen molar-refractivity contribution in [2.45, 2.75) is 58.0 Å². The third kappa shape index (κ3) is 4.19. The molecule has 1 fully saturated rings. The van der Waals surface area contributed by atoms with E-state index in [1.807, 2.05) is 30.9 Å². The summed E-state index contributed by atoms with van der Waals surface area (Å²) in [5, 5.41) is 0. The summed E-state index contributed by atoms with van der Waals surface area (Å²) in [6.45, 7) is 9.01. The second-order valence-corrected chi connectivity index (χ2v) is 11.3. The van der Waals surface area contributed by atoms with E-state index in [1.54, 1.807) is 17.2 Å². The molecule has 0 saturated carbocycles. The van der Waals surface area contributed by atoms with Crippen molar-refractivity contribution in [1.82, 2.24) is 19.8 Å². The van der Waals surface area contributed by atoms with Crippen LogP contribution in [0.15, 0.2) is 54.2 Å². The minimum absolute atomic E-state index is 0.0255. The number of aliphatic imine (C=N–C) groups is 1. The Labute approximate surface area is 243 Å². The van der Waals surface area contributed by atoms with Crippen molar-refractivity contribution in [3.8, 4) is 11.3 Å². The highest BCUT2D eigenvalue weighted by molar-refractivity contribution is 6.06. The molecule has 7 rings (SSSR count). The van der Waals surface area contributed by atoms with Gasteiger partial charge in [0.2, 0.25) is 12.3 Å². The van der Waals surface area contributed by atoms with Crippen molar-refractivity contribution >= 4 is 23.2 Å². The van der Waals surface area contributed by atoms with Gasteiger partial charge in [-0.05, 0) is 74.9 Å². The first-order valence-corrected chi connectivity index (χ1v) is 14.5. The van der Waals surface area contributed by atoms with Crippen LogP contribution in [0.1, 0.15) is 55.2 Å². The minimum atomic E-state index is -0.771. The Kier molecular flexibility index (Phi) is 6.53. The summed E-state index contributed by atoms with van der Waals surface area (Å²) in [5.41, 5.74) is 4.15. The van der Waals surface area contributed by atoms with Gasteiger partial charge < -0.3 is 14.5 Å². The third-order valence-corrected chi connectivity index (χ3v) is 8.73. The van der Waals surface area contributed by atoms with Crippen LogP contribution in [-0.2, 0) is 22.4 Å². The Hall–Kier alpha value is -4.18. The second kappa shape index (κ2) is 10.3. The zero-order valence-electron chi connectivity index (χ0n) is 23.7. The van der Waals surface area contributed by atoms with Crippen LogP contribution in [-0.4, -0.2) is 63.5 Å². The van der Waals surface area contributed by atoms with E-state index in [0.717, 1.165) is 41.8 Å². The molecule has 8 nitrogen and oxygen atoms in total. The summed E-state index contributed by atoms with van der Waals surface area (Å²) in [7, 11) is 0. The average Bonchev–Trinajstić information content (AvgIpc) is 2.98. The number of carbonyl (C=O) groups is 1. The number of hydrogen-bond acceptors (Lipinski definition) is 7. The number of nitrogens with zero attached hydrogens (tertiary/aromatic N) is 6. The molecule has 0 aliphatic carbocycles. The van der Waals surface area contributed by atoms with E-state index >= 15 is 8.78 Å². The number of hydrogen-bond donors (Lipinski definition) is 0. The largest absolute Gasteiger partial charge is 0.350 e. The Bertz CT molecular complexity index is 1640. The maximum atomic E-state index is 16.2. The zero-order valence-corrected chi connectivity index (χ0v) is 23.7. The lowest BCUT2D eigenvalue weighted by atomic mass is 9.94. The molecule has 3 aromatic rings. The van der Waals surface area contributed by atoms with Crippen molar-refractivity contribution in [2.24, 2.45) is 4.99 Å². The van der Waals surface area contributed by atoms with Gasteiger partial charge in [0.15, 0.2) is 0 Å². The zero-order chi connectivity index (χ0) is 29.1. The summed E-state index contributed by atoms with van der Waals surface area (Å²) in [6, 6.07) is 8.22. The van der Waals surface area contributed by atoms with Crippen LogP contribution >= 0.6 is 0 Å². The number of amides is 1. The average molecular weight is 571 g/mol. The predicted octanol–water partition coefficient (Wildman–Crippen LogP) is 5.29. The number of ether oxygens (including phenoxy) is 1. The number of benzene rings is 1. The Morgan fingerprint density at radius 2 is 1.90 bits per heavy atom. The van der Waals surface area contributed by atoms with Crippen LogP contribution in [0.4, 0.5) is 20.3 Å². The van der Waals surface area contributed by atoms with Gasteiger partial charge in [-0.2, -0.15) is 0 Å². The van der Waals surface area contributed by atoms with E-state index in [1.165, 1.54) is 18.2 Å². The van der Waals surface area contributed by atoms with Crippen molar-refractivity contribution in [1.29, 1.82) is 0 Å². The Morgan fingerprint density at radius 1 is 1.10 bits per heavy atom. The summed E-state index contributed by atoms with van der Waals surface area (Å²) in [5.74, 6) is -0.242. The van der Waals surface area contributed by atoms with Crippen molar-refractivity contribution in [2.75, 3.05) is 24.5 Å². The molecule has 4 aliphatic rings. The quantitative estimate of drug-likeness (QED) is 0.370. The number of carbonyl (C=O) groups excluding carboxylic acids is 1. The first-order chi connectivity index (χ1) is 20.4. The van der Waals surface area contributed by atoms with Gasteiger partial charge in [0.25, 0.3) is 0 Å². The Balaban J connectivity index is 1.45. The van der Waals surface area contributed by atoms with Crippen LogP contribution in [0.5, 0.6) is 0 Å². The molecule has 0 N–H and O–H groups in total. The molecule has 42 heavy (non-hydrogen) atoms. The fraction of sp³-hybridized carbons (Fsp3) is 0.375. The molecular formula is C32H32F2N6O2. The molecule has 0 spiro atoms. The number of aromatic nitrogens is 2. The van der Waals surface area contributed by atoms with Gasteiger partial charge in [0.1, 0.15) is 35.1 Å². The van der Waals surface area contributed by atoms with E-state index < -0.39 is 18.0 Å². The smallest absolute Gasteiger partial charge is 0.246 e. The van der Waals surface area contributed by atoms with Crippen LogP contribution in [0.25, 0.3) is 11.3 Å². The monoisotopic (exact) mass is 570 g/mol. The van der Waals surface area contributed by atoms with Crippen LogP contribution in [0.2, 0.25) is 0 Å². The molecular weight excluding hydrogens is 538 g/mol. The van der Waals surface area contributed by atoms with Gasteiger partial charge in [-0.15, -0.1) is 0 Å². The van der Waals surface area contributed by atoms with E-state index in [0.29, 0.717) is 43.3 Å². The lowest BCUT2D eigenvalue weighted by Crippen LogP contribution is -2.57. The van der Waals surface area contributed by atoms with E-state index in [2.05, 4.69) is 16.5 Å². The highest BCUT2D eigenvalue weighted by Gasteiger charge is 2.43. The summed E-state index contributed by atoms with van der Waals surface area (Å²) < 4.78 is 38.0. The first kappa shape index (κ1) is 26.7. The van der Waals surface area contributed by atoms with Gasteiger partial charge in [0.05, 0.1) is 16.9 Å². The van der Waals surface area contributed by atoms with Gasteiger partial charge in [-0.25, -0.2) is 18.8 Å². The summed E-state index contributed by atoms with van der Waals surface area (Å²) in [6.07, 6.45) is 5.11. The normalized spacial score (nSPS) is 22.9. The highest BCUT2D eigenvalue weighted by atomic mass is 19.1. The maximum absolute atomic E-state index is 16.2. The lowest BCUT2D eigenvalue weighted by Gasteiger charge is -2.46. The molecule has 0 radical (unpaired) electrons. The standard InChI is InChI=1S/C32H32F2N6O2/c1-4-25(41)38-14-15-39(18(2)17-38)30-22-16-24(34)28-26-20(10-7-11-23(26)33)8-5-6-9-21-12-13-35-27-19(3)42-32(37-30)40(29(21)27)31(22)36-28/h4,7,10-13,16,18-19,32H,1,5-6,8-9,14-15,17H2,2-3H3/t18-,19?,32?/m0/s1. The minimum Gasteiger partial charge on any atom is -0.350 e. The number of aryl methyl sites for hydroxylation is 2. The molecule has 6 heterocycles. The Morgan fingerprint density at radius 3 is 2.69 bits per heavy atom. The van der Waals surface area contributed by atoms with E-state index in [-0.39, 0.29) is 29.3 Å². The van der Waals surface area contributed by atoms with E-state index in [4.69, 9.17) is 14.7 Å². The van der Waals surface area contributed by atoms with Gasteiger partial charge in [-0.1, -0.05) is 18.7 Å². The molecule has 10 heteroatoms. The van der Waals surface area contributed by atoms with Crippen molar-refractivity contribution in [3.63, 3.8) is 0 Å². The van der Waals surface area contributed by atoms with Crippen LogP contribution < -0.4 is 4.90 Å². The number of halogens is 2.